The number of anilines is 2. The zero-order chi connectivity index (χ0) is 13.8. The molecule has 0 bridgehead atoms. The zero-order valence-corrected chi connectivity index (χ0v) is 11.8. The molecule has 102 valence electrons. The predicted molar refractivity (Wildman–Crippen MR) is 73.3 cm³/mol. The van der Waals surface area contributed by atoms with Crippen LogP contribution in [0.5, 0.6) is 0 Å². The average Bonchev–Trinajstić information content (AvgIpc) is 2.89. The Labute approximate surface area is 116 Å². The molecule has 0 radical (unpaired) electrons. The highest BCUT2D eigenvalue weighted by atomic mass is 32.1. The number of ether oxygens (including phenoxy) is 1. The molecule has 0 spiro atoms. The second kappa shape index (κ2) is 5.89. The number of aromatic nitrogens is 1. The first-order valence-electron chi connectivity index (χ1n) is 6.11. The molecule has 1 saturated heterocycles. The summed E-state index contributed by atoms with van der Waals surface area (Å²) in [6, 6.07) is 2.19. The molecule has 19 heavy (non-hydrogen) atoms. The summed E-state index contributed by atoms with van der Waals surface area (Å²) in [7, 11) is 3.20. The van der Waals surface area contributed by atoms with Crippen molar-refractivity contribution in [1.29, 1.82) is 5.26 Å². The van der Waals surface area contributed by atoms with E-state index in [4.69, 9.17) is 4.74 Å². The number of rotatable bonds is 3. The molecule has 1 aliphatic heterocycles. The highest BCUT2D eigenvalue weighted by Gasteiger charge is 2.28. The first kappa shape index (κ1) is 13.6. The van der Waals surface area contributed by atoms with Crippen molar-refractivity contribution in [3.05, 3.63) is 5.56 Å². The van der Waals surface area contributed by atoms with Gasteiger partial charge < -0.3 is 15.0 Å². The maximum Gasteiger partial charge on any atom is 0.308 e. The number of piperidine rings is 1. The summed E-state index contributed by atoms with van der Waals surface area (Å²) >= 11 is 1.29. The third kappa shape index (κ3) is 2.63. The van der Waals surface area contributed by atoms with Crippen molar-refractivity contribution in [2.75, 3.05) is 37.5 Å². The lowest BCUT2D eigenvalue weighted by atomic mass is 9.97. The van der Waals surface area contributed by atoms with E-state index >= 15 is 0 Å². The number of carbonyl (C=O) groups is 1. The first-order valence-corrected chi connectivity index (χ1v) is 6.89. The van der Waals surface area contributed by atoms with Gasteiger partial charge in [-0.3, -0.25) is 4.79 Å². The van der Waals surface area contributed by atoms with E-state index in [1.165, 1.54) is 18.6 Å². The van der Waals surface area contributed by atoms with Gasteiger partial charge in [0.1, 0.15) is 16.6 Å². The van der Waals surface area contributed by atoms with Crippen molar-refractivity contribution in [3.63, 3.8) is 0 Å². The number of esters is 1. The number of nitriles is 1. The van der Waals surface area contributed by atoms with Crippen LogP contribution in [0.3, 0.4) is 0 Å². The molecule has 2 heterocycles. The lowest BCUT2D eigenvalue weighted by Crippen LogP contribution is -2.37. The summed E-state index contributed by atoms with van der Waals surface area (Å²) in [5.74, 6) is 0.545. The van der Waals surface area contributed by atoms with E-state index in [0.717, 1.165) is 36.8 Å². The smallest absolute Gasteiger partial charge is 0.308 e. The van der Waals surface area contributed by atoms with Gasteiger partial charge in [0.25, 0.3) is 0 Å². The van der Waals surface area contributed by atoms with Crippen LogP contribution in [-0.2, 0) is 9.53 Å². The summed E-state index contributed by atoms with van der Waals surface area (Å²) in [6.45, 7) is 1.45. The normalized spacial score (nSPS) is 15.9. The first-order chi connectivity index (χ1) is 9.21. The van der Waals surface area contributed by atoms with Crippen molar-refractivity contribution in [2.24, 2.45) is 5.92 Å². The fraction of sp³-hybridized carbons (Fsp3) is 0.583. The van der Waals surface area contributed by atoms with Crippen LogP contribution in [0.4, 0.5) is 10.8 Å². The molecule has 0 atom stereocenters. The van der Waals surface area contributed by atoms with Crippen LogP contribution < -0.4 is 10.2 Å². The molecule has 0 saturated carbocycles. The van der Waals surface area contributed by atoms with Crippen molar-refractivity contribution in [3.8, 4) is 6.07 Å². The van der Waals surface area contributed by atoms with E-state index in [0.29, 0.717) is 5.56 Å². The van der Waals surface area contributed by atoms with Gasteiger partial charge in [-0.25, -0.2) is 0 Å². The Bertz CT molecular complexity index is 500. The van der Waals surface area contributed by atoms with E-state index in [1.54, 1.807) is 7.05 Å². The molecule has 0 unspecified atom stereocenters. The number of carbonyl (C=O) groups excluding carboxylic acids is 1. The van der Waals surface area contributed by atoms with Crippen LogP contribution in [0.15, 0.2) is 0 Å². The van der Waals surface area contributed by atoms with E-state index in [9.17, 15) is 10.1 Å². The van der Waals surface area contributed by atoms with Gasteiger partial charge in [0.15, 0.2) is 5.82 Å². The summed E-state index contributed by atoms with van der Waals surface area (Å²) < 4.78 is 9.10. The maximum absolute atomic E-state index is 11.5. The Balaban J connectivity index is 2.08. The summed E-state index contributed by atoms with van der Waals surface area (Å²) in [5.41, 5.74) is 0.587. The molecule has 0 amide bonds. The molecule has 0 aliphatic carbocycles. The SMILES string of the molecule is CNc1snc(N2CCC(C(=O)OC)CC2)c1C#N. The minimum absolute atomic E-state index is 0.0332. The highest BCUT2D eigenvalue weighted by Crippen LogP contribution is 2.32. The van der Waals surface area contributed by atoms with Gasteiger partial charge in [-0.2, -0.15) is 9.64 Å². The zero-order valence-electron chi connectivity index (χ0n) is 11.0. The van der Waals surface area contributed by atoms with E-state index < -0.39 is 0 Å². The molecule has 0 aromatic carbocycles. The fourth-order valence-electron chi connectivity index (χ4n) is 2.26. The van der Waals surface area contributed by atoms with Crippen LogP contribution >= 0.6 is 11.5 Å². The minimum Gasteiger partial charge on any atom is -0.469 e. The molecule has 7 heteroatoms. The Kier molecular flexibility index (Phi) is 4.22. The Morgan fingerprint density at radius 3 is 2.79 bits per heavy atom. The topological polar surface area (TPSA) is 78.2 Å². The fourth-order valence-corrected chi connectivity index (χ4v) is 2.97. The van der Waals surface area contributed by atoms with Crippen LogP contribution in [0, 0.1) is 17.2 Å². The Morgan fingerprint density at radius 2 is 2.26 bits per heavy atom. The minimum atomic E-state index is -0.144. The molecule has 2 rings (SSSR count). The third-order valence-corrected chi connectivity index (χ3v) is 4.20. The number of hydrogen-bond donors (Lipinski definition) is 1. The average molecular weight is 280 g/mol. The van der Waals surface area contributed by atoms with Gasteiger partial charge in [0.05, 0.1) is 13.0 Å². The number of nitrogens with one attached hydrogen (secondary N) is 1. The molecular weight excluding hydrogens is 264 g/mol. The Morgan fingerprint density at radius 1 is 1.58 bits per heavy atom. The summed E-state index contributed by atoms with van der Waals surface area (Å²) in [4.78, 5) is 13.5. The number of nitrogens with zero attached hydrogens (tertiary/aromatic N) is 3. The second-order valence-corrected chi connectivity index (χ2v) is 5.13. The van der Waals surface area contributed by atoms with Crippen molar-refractivity contribution in [2.45, 2.75) is 12.8 Å². The quantitative estimate of drug-likeness (QED) is 0.844. The lowest BCUT2D eigenvalue weighted by molar-refractivity contribution is -0.146. The number of hydrogen-bond acceptors (Lipinski definition) is 7. The van der Waals surface area contributed by atoms with Gasteiger partial charge >= 0.3 is 5.97 Å². The van der Waals surface area contributed by atoms with Crippen molar-refractivity contribution >= 4 is 28.3 Å². The van der Waals surface area contributed by atoms with E-state index in [1.807, 2.05) is 0 Å². The van der Waals surface area contributed by atoms with Gasteiger partial charge in [-0.1, -0.05) is 0 Å². The van der Waals surface area contributed by atoms with E-state index in [-0.39, 0.29) is 11.9 Å². The molecule has 1 aromatic rings. The van der Waals surface area contributed by atoms with Crippen LogP contribution in [0.2, 0.25) is 0 Å². The largest absolute Gasteiger partial charge is 0.469 e. The van der Waals surface area contributed by atoms with Crippen molar-refractivity contribution < 1.29 is 9.53 Å². The second-order valence-electron chi connectivity index (χ2n) is 4.36. The molecule has 1 aromatic heterocycles. The summed E-state index contributed by atoms with van der Waals surface area (Å²) in [6.07, 6.45) is 1.48. The highest BCUT2D eigenvalue weighted by molar-refractivity contribution is 7.10. The van der Waals surface area contributed by atoms with Crippen LogP contribution in [0.25, 0.3) is 0 Å². The molecular formula is C12H16N4O2S. The van der Waals surface area contributed by atoms with Gasteiger partial charge in [0.2, 0.25) is 0 Å². The van der Waals surface area contributed by atoms with Gasteiger partial charge in [0, 0.05) is 20.1 Å². The number of methoxy groups -OCH3 is 1. The monoisotopic (exact) mass is 280 g/mol. The lowest BCUT2D eigenvalue weighted by Gasteiger charge is -2.30. The molecule has 6 nitrogen and oxygen atoms in total. The molecule has 1 N–H and O–H groups in total. The van der Waals surface area contributed by atoms with Gasteiger partial charge in [-0.15, -0.1) is 0 Å². The Hall–Kier alpha value is -1.81. The third-order valence-electron chi connectivity index (χ3n) is 3.34. The van der Waals surface area contributed by atoms with Crippen LogP contribution in [-0.4, -0.2) is 37.6 Å². The van der Waals surface area contributed by atoms with E-state index in [2.05, 4.69) is 20.7 Å². The van der Waals surface area contributed by atoms with Crippen LogP contribution in [0.1, 0.15) is 18.4 Å². The molecule has 1 aliphatic rings. The van der Waals surface area contributed by atoms with Crippen molar-refractivity contribution in [1.82, 2.24) is 4.37 Å². The predicted octanol–water partition coefficient (Wildman–Crippen LogP) is 1.45. The standard InChI is InChI=1S/C12H16N4O2S/c1-14-11-9(7-13)10(15-19-11)16-5-3-8(4-6-16)12(17)18-2/h8,14H,3-6H2,1-2H3. The maximum atomic E-state index is 11.5. The van der Waals surface area contributed by atoms with Gasteiger partial charge in [-0.05, 0) is 24.4 Å². The molecule has 1 fully saturated rings. The summed E-state index contributed by atoms with van der Waals surface area (Å²) in [5, 5.41) is 13.0.